The molecule has 0 aromatic carbocycles. The van der Waals surface area contributed by atoms with Crippen molar-refractivity contribution in [3.8, 4) is 0 Å². The topological polar surface area (TPSA) is 44.7 Å². The third kappa shape index (κ3) is 4.01. The van der Waals surface area contributed by atoms with Crippen molar-refractivity contribution in [3.05, 3.63) is 0 Å². The van der Waals surface area contributed by atoms with Gasteiger partial charge in [-0.1, -0.05) is 6.92 Å². The van der Waals surface area contributed by atoms with Gasteiger partial charge in [-0.3, -0.25) is 4.90 Å². The highest BCUT2D eigenvalue weighted by molar-refractivity contribution is 4.84. The highest BCUT2D eigenvalue weighted by atomic mass is 16.5. The minimum Gasteiger partial charge on any atom is -0.394 e. The van der Waals surface area contributed by atoms with Crippen molar-refractivity contribution in [1.29, 1.82) is 0 Å². The molecule has 1 rings (SSSR count). The fourth-order valence-corrected chi connectivity index (χ4v) is 2.13. The molecule has 2 atom stereocenters. The minimum absolute atomic E-state index is 0.146. The molecule has 0 saturated carbocycles. The number of hydrogen-bond acceptors (Lipinski definition) is 4. The van der Waals surface area contributed by atoms with E-state index in [0.29, 0.717) is 6.04 Å². The SMILES string of the molecule is CCNC(C)(CO)CCN1CCOCC1C. The van der Waals surface area contributed by atoms with Crippen LogP contribution < -0.4 is 5.32 Å². The number of nitrogens with zero attached hydrogens (tertiary/aromatic N) is 1. The van der Waals surface area contributed by atoms with Crippen molar-refractivity contribution in [3.63, 3.8) is 0 Å². The molecule has 1 saturated heterocycles. The maximum Gasteiger partial charge on any atom is 0.0619 e. The molecule has 0 amide bonds. The van der Waals surface area contributed by atoms with Gasteiger partial charge in [0.1, 0.15) is 0 Å². The van der Waals surface area contributed by atoms with Crippen LogP contribution in [0.4, 0.5) is 0 Å². The molecule has 1 heterocycles. The van der Waals surface area contributed by atoms with Gasteiger partial charge < -0.3 is 15.2 Å². The Morgan fingerprint density at radius 2 is 2.31 bits per heavy atom. The molecule has 4 nitrogen and oxygen atoms in total. The van der Waals surface area contributed by atoms with Gasteiger partial charge in [-0.15, -0.1) is 0 Å². The van der Waals surface area contributed by atoms with Crippen LogP contribution in [0.2, 0.25) is 0 Å². The van der Waals surface area contributed by atoms with E-state index in [-0.39, 0.29) is 12.1 Å². The second-order valence-electron chi connectivity index (χ2n) is 4.96. The van der Waals surface area contributed by atoms with Crippen LogP contribution in [-0.4, -0.2) is 61.0 Å². The summed E-state index contributed by atoms with van der Waals surface area (Å²) in [6.07, 6.45) is 0.974. The molecule has 1 aliphatic heterocycles. The van der Waals surface area contributed by atoms with Crippen LogP contribution in [0.25, 0.3) is 0 Å². The van der Waals surface area contributed by atoms with Crippen molar-refractivity contribution >= 4 is 0 Å². The van der Waals surface area contributed by atoms with E-state index in [2.05, 4.69) is 31.0 Å². The molecule has 4 heteroatoms. The zero-order chi connectivity index (χ0) is 12.0. The van der Waals surface area contributed by atoms with Crippen molar-refractivity contribution in [2.24, 2.45) is 0 Å². The summed E-state index contributed by atoms with van der Waals surface area (Å²) >= 11 is 0. The van der Waals surface area contributed by atoms with Gasteiger partial charge >= 0.3 is 0 Å². The summed E-state index contributed by atoms with van der Waals surface area (Å²) in [6.45, 7) is 11.1. The van der Waals surface area contributed by atoms with Crippen LogP contribution in [0.3, 0.4) is 0 Å². The van der Waals surface area contributed by atoms with E-state index >= 15 is 0 Å². The number of likely N-dealkylation sites (N-methyl/N-ethyl adjacent to an activating group) is 1. The zero-order valence-electron chi connectivity index (χ0n) is 10.8. The van der Waals surface area contributed by atoms with Crippen molar-refractivity contribution in [1.82, 2.24) is 10.2 Å². The predicted octanol–water partition coefficient (Wildman–Crippen LogP) is 0.458. The van der Waals surface area contributed by atoms with Crippen LogP contribution in [0, 0.1) is 0 Å². The van der Waals surface area contributed by atoms with Crippen molar-refractivity contribution in [2.45, 2.75) is 38.8 Å². The van der Waals surface area contributed by atoms with E-state index in [4.69, 9.17) is 4.74 Å². The summed E-state index contributed by atoms with van der Waals surface area (Å²) in [5.74, 6) is 0. The van der Waals surface area contributed by atoms with E-state index < -0.39 is 0 Å². The molecular formula is C12H26N2O2. The molecule has 2 N–H and O–H groups in total. The lowest BCUT2D eigenvalue weighted by atomic mass is 9.98. The summed E-state index contributed by atoms with van der Waals surface area (Å²) < 4.78 is 5.41. The smallest absolute Gasteiger partial charge is 0.0619 e. The second kappa shape index (κ2) is 6.55. The Kier molecular flexibility index (Phi) is 5.69. The van der Waals surface area contributed by atoms with Gasteiger partial charge in [0.15, 0.2) is 0 Å². The second-order valence-corrected chi connectivity index (χ2v) is 4.96. The van der Waals surface area contributed by atoms with Gasteiger partial charge in [-0.05, 0) is 26.8 Å². The van der Waals surface area contributed by atoms with Crippen LogP contribution in [0.15, 0.2) is 0 Å². The number of aliphatic hydroxyl groups excluding tert-OH is 1. The molecule has 0 aromatic heterocycles. The van der Waals surface area contributed by atoms with Crippen molar-refractivity contribution in [2.75, 3.05) is 39.5 Å². The molecule has 16 heavy (non-hydrogen) atoms. The Hall–Kier alpha value is -0.160. The number of hydrogen-bond donors (Lipinski definition) is 2. The number of morpholine rings is 1. The Labute approximate surface area is 99.0 Å². The Balaban J connectivity index is 2.36. The highest BCUT2D eigenvalue weighted by Crippen LogP contribution is 2.13. The molecule has 0 spiro atoms. The number of nitrogens with one attached hydrogen (secondary N) is 1. The normalized spacial score (nSPS) is 26.6. The van der Waals surface area contributed by atoms with Crippen LogP contribution in [-0.2, 0) is 4.74 Å². The molecule has 2 unspecified atom stereocenters. The van der Waals surface area contributed by atoms with E-state index in [9.17, 15) is 5.11 Å². The zero-order valence-corrected chi connectivity index (χ0v) is 10.8. The van der Waals surface area contributed by atoms with Gasteiger partial charge in [0, 0.05) is 24.7 Å². The summed E-state index contributed by atoms with van der Waals surface area (Å²) in [4.78, 5) is 2.44. The first-order valence-corrected chi connectivity index (χ1v) is 6.29. The third-order valence-electron chi connectivity index (χ3n) is 3.41. The average Bonchev–Trinajstić information content (AvgIpc) is 2.28. The first kappa shape index (κ1) is 13.9. The molecule has 0 radical (unpaired) electrons. The first-order valence-electron chi connectivity index (χ1n) is 6.29. The number of aliphatic hydroxyl groups is 1. The Bertz CT molecular complexity index is 201. The summed E-state index contributed by atoms with van der Waals surface area (Å²) in [5.41, 5.74) is -0.146. The Morgan fingerprint density at radius 3 is 2.88 bits per heavy atom. The van der Waals surface area contributed by atoms with Gasteiger partial charge in [0.25, 0.3) is 0 Å². The first-order chi connectivity index (χ1) is 7.61. The van der Waals surface area contributed by atoms with Gasteiger partial charge in [-0.2, -0.15) is 0 Å². The van der Waals surface area contributed by atoms with Gasteiger partial charge in [0.2, 0.25) is 0 Å². The molecule has 0 bridgehead atoms. The number of rotatable bonds is 6. The predicted molar refractivity (Wildman–Crippen MR) is 65.6 cm³/mol. The van der Waals surface area contributed by atoms with Gasteiger partial charge in [0.05, 0.1) is 19.8 Å². The lowest BCUT2D eigenvalue weighted by Crippen LogP contribution is -2.50. The van der Waals surface area contributed by atoms with Crippen LogP contribution >= 0.6 is 0 Å². The summed E-state index contributed by atoms with van der Waals surface area (Å²) in [5, 5.41) is 12.8. The lowest BCUT2D eigenvalue weighted by Gasteiger charge is -2.36. The third-order valence-corrected chi connectivity index (χ3v) is 3.41. The van der Waals surface area contributed by atoms with Crippen LogP contribution in [0.1, 0.15) is 27.2 Å². The lowest BCUT2D eigenvalue weighted by molar-refractivity contribution is -0.00549. The van der Waals surface area contributed by atoms with Crippen LogP contribution in [0.5, 0.6) is 0 Å². The van der Waals surface area contributed by atoms with E-state index in [1.807, 2.05) is 0 Å². The fourth-order valence-electron chi connectivity index (χ4n) is 2.13. The largest absolute Gasteiger partial charge is 0.394 e. The highest BCUT2D eigenvalue weighted by Gasteiger charge is 2.25. The van der Waals surface area contributed by atoms with E-state index in [0.717, 1.165) is 39.3 Å². The van der Waals surface area contributed by atoms with E-state index in [1.54, 1.807) is 0 Å². The molecule has 0 aromatic rings. The fraction of sp³-hybridized carbons (Fsp3) is 1.00. The number of ether oxygens (including phenoxy) is 1. The summed E-state index contributed by atoms with van der Waals surface area (Å²) in [6, 6.07) is 0.498. The molecule has 1 aliphatic rings. The Morgan fingerprint density at radius 1 is 1.56 bits per heavy atom. The monoisotopic (exact) mass is 230 g/mol. The average molecular weight is 230 g/mol. The molecule has 0 aliphatic carbocycles. The maximum atomic E-state index is 9.41. The standard InChI is InChI=1S/C12H26N2O2/c1-4-13-12(3,10-15)5-6-14-7-8-16-9-11(14)2/h11,13,15H,4-10H2,1-3H3. The molecule has 1 fully saturated rings. The van der Waals surface area contributed by atoms with Gasteiger partial charge in [-0.25, -0.2) is 0 Å². The minimum atomic E-state index is -0.146. The quantitative estimate of drug-likeness (QED) is 0.696. The summed E-state index contributed by atoms with van der Waals surface area (Å²) in [7, 11) is 0. The molecule has 96 valence electrons. The maximum absolute atomic E-state index is 9.41. The van der Waals surface area contributed by atoms with Crippen molar-refractivity contribution < 1.29 is 9.84 Å². The van der Waals surface area contributed by atoms with E-state index in [1.165, 1.54) is 0 Å². The molecular weight excluding hydrogens is 204 g/mol.